The topological polar surface area (TPSA) is 61.5 Å². The molecule has 132 valence electrons. The van der Waals surface area contributed by atoms with Gasteiger partial charge in [0.15, 0.2) is 23.0 Å². The number of halogens is 1. The summed E-state index contributed by atoms with van der Waals surface area (Å²) < 4.78 is 13.2. The van der Waals surface area contributed by atoms with Crippen molar-refractivity contribution in [2.45, 2.75) is 6.42 Å². The van der Waals surface area contributed by atoms with Gasteiger partial charge >= 0.3 is 0 Å². The normalized spacial score (nSPS) is 11.2. The minimum absolute atomic E-state index is 0.610. The van der Waals surface area contributed by atoms with E-state index in [4.69, 9.17) is 9.47 Å². The lowest BCUT2D eigenvalue weighted by molar-refractivity contribution is 0.296. The molecule has 0 atom stereocenters. The van der Waals surface area contributed by atoms with E-state index in [1.165, 1.54) is 0 Å². The van der Waals surface area contributed by atoms with Gasteiger partial charge in [0.25, 0.3) is 0 Å². The van der Waals surface area contributed by atoms with Crippen LogP contribution in [-0.2, 0) is 0 Å². The fraction of sp³-hybridized carbons (Fsp3) is 0.211. The Bertz CT molecular complexity index is 1050. The molecule has 0 fully saturated rings. The molecule has 0 bridgehead atoms. The van der Waals surface area contributed by atoms with Crippen molar-refractivity contribution in [2.75, 3.05) is 19.0 Å². The third-order valence-corrected chi connectivity index (χ3v) is 4.66. The summed E-state index contributed by atoms with van der Waals surface area (Å²) in [6.45, 7) is 0.610. The standard InChI is InChI=1S/C19H17BrN4O2/c1-25-16-10-14-15(11-17(16)26-9-5-8-20)21-12-24-18(22-23-19(14)24)13-6-3-2-4-7-13/h2-4,6-7,10-12H,5,8-9H2,1H3. The highest BCUT2D eigenvalue weighted by atomic mass is 79.9. The molecule has 0 amide bonds. The Morgan fingerprint density at radius 2 is 1.92 bits per heavy atom. The van der Waals surface area contributed by atoms with Crippen LogP contribution in [0.15, 0.2) is 48.8 Å². The number of methoxy groups -OCH3 is 1. The lowest BCUT2D eigenvalue weighted by Gasteiger charge is -2.11. The van der Waals surface area contributed by atoms with Gasteiger partial charge in [-0.2, -0.15) is 0 Å². The quantitative estimate of drug-likeness (QED) is 0.352. The molecule has 2 aromatic heterocycles. The second-order valence-corrected chi connectivity index (χ2v) is 6.53. The summed E-state index contributed by atoms with van der Waals surface area (Å²) in [6.07, 6.45) is 2.66. The van der Waals surface area contributed by atoms with Crippen LogP contribution in [0.25, 0.3) is 27.9 Å². The molecule has 0 unspecified atom stereocenters. The summed E-state index contributed by atoms with van der Waals surface area (Å²) in [7, 11) is 1.63. The van der Waals surface area contributed by atoms with Gasteiger partial charge in [-0.3, -0.25) is 4.40 Å². The largest absolute Gasteiger partial charge is 0.493 e. The first kappa shape index (κ1) is 16.8. The number of rotatable bonds is 6. The van der Waals surface area contributed by atoms with Crippen molar-refractivity contribution in [3.63, 3.8) is 0 Å². The smallest absolute Gasteiger partial charge is 0.171 e. The SMILES string of the molecule is COc1cc2c(cc1OCCCBr)ncn1c(-c3ccccc3)nnc21. The number of hydrogen-bond acceptors (Lipinski definition) is 5. The fourth-order valence-corrected chi connectivity index (χ4v) is 3.06. The third-order valence-electron chi connectivity index (χ3n) is 4.10. The van der Waals surface area contributed by atoms with Crippen molar-refractivity contribution in [3.05, 3.63) is 48.8 Å². The van der Waals surface area contributed by atoms with Crippen LogP contribution in [0.1, 0.15) is 6.42 Å². The average molecular weight is 413 g/mol. The molecule has 0 saturated carbocycles. The number of ether oxygens (including phenoxy) is 2. The predicted octanol–water partition coefficient (Wildman–Crippen LogP) is 4.12. The molecular formula is C19H17BrN4O2. The minimum Gasteiger partial charge on any atom is -0.493 e. The summed E-state index contributed by atoms with van der Waals surface area (Å²) in [5, 5.41) is 10.5. The van der Waals surface area contributed by atoms with Crippen molar-refractivity contribution in [1.29, 1.82) is 0 Å². The molecule has 2 aromatic carbocycles. The molecular weight excluding hydrogens is 396 g/mol. The summed E-state index contributed by atoms with van der Waals surface area (Å²) in [6, 6.07) is 13.7. The van der Waals surface area contributed by atoms with Gasteiger partial charge in [-0.05, 0) is 12.5 Å². The van der Waals surface area contributed by atoms with E-state index in [1.54, 1.807) is 13.4 Å². The zero-order valence-electron chi connectivity index (χ0n) is 14.2. The van der Waals surface area contributed by atoms with Gasteiger partial charge in [-0.1, -0.05) is 46.3 Å². The van der Waals surface area contributed by atoms with Gasteiger partial charge in [-0.15, -0.1) is 10.2 Å². The molecule has 0 spiro atoms. The third kappa shape index (κ3) is 2.99. The number of aromatic nitrogens is 4. The molecule has 0 aliphatic carbocycles. The van der Waals surface area contributed by atoms with Crippen molar-refractivity contribution < 1.29 is 9.47 Å². The van der Waals surface area contributed by atoms with Crippen molar-refractivity contribution in [2.24, 2.45) is 0 Å². The van der Waals surface area contributed by atoms with Gasteiger partial charge < -0.3 is 9.47 Å². The van der Waals surface area contributed by atoms with Crippen LogP contribution in [0.2, 0.25) is 0 Å². The highest BCUT2D eigenvalue weighted by Crippen LogP contribution is 2.33. The molecule has 4 rings (SSSR count). The van der Waals surface area contributed by atoms with E-state index >= 15 is 0 Å². The van der Waals surface area contributed by atoms with Crippen LogP contribution in [0.3, 0.4) is 0 Å². The number of hydrogen-bond donors (Lipinski definition) is 0. The van der Waals surface area contributed by atoms with E-state index < -0.39 is 0 Å². The number of fused-ring (bicyclic) bond motifs is 3. The summed E-state index contributed by atoms with van der Waals surface area (Å²) in [5.41, 5.74) is 2.51. The van der Waals surface area contributed by atoms with Crippen LogP contribution in [0, 0.1) is 0 Å². The molecule has 0 N–H and O–H groups in total. The Hall–Kier alpha value is -2.67. The number of alkyl halides is 1. The van der Waals surface area contributed by atoms with E-state index in [0.29, 0.717) is 18.1 Å². The maximum atomic E-state index is 5.83. The Balaban J connectivity index is 1.84. The number of benzene rings is 2. The molecule has 7 heteroatoms. The Labute approximate surface area is 158 Å². The monoisotopic (exact) mass is 412 g/mol. The molecule has 0 aliphatic heterocycles. The molecule has 2 heterocycles. The van der Waals surface area contributed by atoms with Crippen molar-refractivity contribution in [1.82, 2.24) is 19.6 Å². The van der Waals surface area contributed by atoms with E-state index in [0.717, 1.165) is 39.7 Å². The van der Waals surface area contributed by atoms with E-state index in [2.05, 4.69) is 31.1 Å². The summed E-state index contributed by atoms with van der Waals surface area (Å²) in [5.74, 6) is 2.10. The zero-order chi connectivity index (χ0) is 17.9. The zero-order valence-corrected chi connectivity index (χ0v) is 15.8. The van der Waals surface area contributed by atoms with Crippen LogP contribution >= 0.6 is 15.9 Å². The lowest BCUT2D eigenvalue weighted by atomic mass is 10.2. The first-order valence-corrected chi connectivity index (χ1v) is 9.39. The fourth-order valence-electron chi connectivity index (χ4n) is 2.83. The second-order valence-electron chi connectivity index (χ2n) is 5.74. The summed E-state index contributed by atoms with van der Waals surface area (Å²) in [4.78, 5) is 4.57. The predicted molar refractivity (Wildman–Crippen MR) is 104 cm³/mol. The van der Waals surface area contributed by atoms with Gasteiger partial charge in [0.2, 0.25) is 0 Å². The molecule has 4 aromatic rings. The van der Waals surface area contributed by atoms with Crippen molar-refractivity contribution in [3.8, 4) is 22.9 Å². The van der Waals surface area contributed by atoms with Gasteiger partial charge in [-0.25, -0.2) is 4.98 Å². The summed E-state index contributed by atoms with van der Waals surface area (Å²) >= 11 is 3.41. The van der Waals surface area contributed by atoms with Crippen LogP contribution in [-0.4, -0.2) is 38.6 Å². The van der Waals surface area contributed by atoms with Crippen LogP contribution < -0.4 is 9.47 Å². The van der Waals surface area contributed by atoms with E-state index in [-0.39, 0.29) is 0 Å². The first-order valence-electron chi connectivity index (χ1n) is 8.27. The highest BCUT2D eigenvalue weighted by Gasteiger charge is 2.15. The van der Waals surface area contributed by atoms with Gasteiger partial charge in [0.05, 0.1) is 19.2 Å². The maximum absolute atomic E-state index is 5.83. The highest BCUT2D eigenvalue weighted by molar-refractivity contribution is 9.09. The van der Waals surface area contributed by atoms with Crippen LogP contribution in [0.5, 0.6) is 11.5 Å². The molecule has 6 nitrogen and oxygen atoms in total. The van der Waals surface area contributed by atoms with Crippen molar-refractivity contribution >= 4 is 32.5 Å². The second kappa shape index (κ2) is 7.29. The Morgan fingerprint density at radius 1 is 1.08 bits per heavy atom. The van der Waals surface area contributed by atoms with Crippen LogP contribution in [0.4, 0.5) is 0 Å². The molecule has 0 radical (unpaired) electrons. The molecule has 26 heavy (non-hydrogen) atoms. The molecule has 0 aliphatic rings. The Morgan fingerprint density at radius 3 is 2.69 bits per heavy atom. The molecule has 0 saturated heterocycles. The van der Waals surface area contributed by atoms with E-state index in [1.807, 2.05) is 46.9 Å². The Kier molecular flexibility index (Phi) is 4.71. The number of nitrogens with zero attached hydrogens (tertiary/aromatic N) is 4. The first-order chi connectivity index (χ1) is 12.8. The van der Waals surface area contributed by atoms with E-state index in [9.17, 15) is 0 Å². The minimum atomic E-state index is 0.610. The average Bonchev–Trinajstić information content (AvgIpc) is 3.12. The van der Waals surface area contributed by atoms with Gasteiger partial charge in [0.1, 0.15) is 6.33 Å². The maximum Gasteiger partial charge on any atom is 0.171 e. The lowest BCUT2D eigenvalue weighted by Crippen LogP contribution is -2.01. The van der Waals surface area contributed by atoms with Gasteiger partial charge in [0, 0.05) is 22.3 Å².